The van der Waals surface area contributed by atoms with Gasteiger partial charge in [0.25, 0.3) is 5.92 Å². The molecule has 0 aromatic carbocycles. The number of hydrogen-bond acceptors (Lipinski definition) is 7. The second-order valence-electron chi connectivity index (χ2n) is 8.99. The van der Waals surface area contributed by atoms with Gasteiger partial charge in [0, 0.05) is 38.7 Å². The van der Waals surface area contributed by atoms with Gasteiger partial charge in [-0.25, -0.2) is 22.9 Å². The second kappa shape index (κ2) is 9.92. The van der Waals surface area contributed by atoms with Crippen molar-refractivity contribution in [3.05, 3.63) is 11.1 Å². The molecule has 1 aromatic rings. The number of nitrogens with zero attached hydrogens (tertiary/aromatic N) is 3. The van der Waals surface area contributed by atoms with Gasteiger partial charge in [0.2, 0.25) is 5.91 Å². The van der Waals surface area contributed by atoms with Crippen LogP contribution in [-0.2, 0) is 14.3 Å². The number of carbonyl (C=O) groups is 2. The highest BCUT2D eigenvalue weighted by Gasteiger charge is 2.43. The third-order valence-electron chi connectivity index (χ3n) is 5.09. The van der Waals surface area contributed by atoms with E-state index in [0.717, 1.165) is 11.3 Å². The number of anilines is 1. The number of aromatic nitrogens is 1. The topological polar surface area (TPSA) is 84.0 Å². The highest BCUT2D eigenvalue weighted by molar-refractivity contribution is 7.15. The van der Waals surface area contributed by atoms with Crippen molar-refractivity contribution in [3.63, 3.8) is 0 Å². The largest absolute Gasteiger partial charge is 0.444 e. The number of halogens is 3. The van der Waals surface area contributed by atoms with Gasteiger partial charge in [-0.15, -0.1) is 0 Å². The maximum absolute atomic E-state index is 14.2. The Bertz CT molecular complexity index is 817. The highest BCUT2D eigenvalue weighted by atomic mass is 32.1. The van der Waals surface area contributed by atoms with Crippen molar-refractivity contribution in [2.45, 2.75) is 57.3 Å². The number of hydrogen-bond donors (Lipinski definition) is 1. The smallest absolute Gasteiger partial charge is 0.413 e. The molecule has 8 nitrogen and oxygen atoms in total. The van der Waals surface area contributed by atoms with Crippen molar-refractivity contribution in [2.24, 2.45) is 0 Å². The summed E-state index contributed by atoms with van der Waals surface area (Å²) >= 11 is 1.09. The zero-order chi connectivity index (χ0) is 23.5. The van der Waals surface area contributed by atoms with E-state index in [2.05, 4.69) is 10.3 Å². The summed E-state index contributed by atoms with van der Waals surface area (Å²) in [6.45, 7) is 5.18. The number of alkyl halides is 3. The van der Waals surface area contributed by atoms with E-state index in [1.165, 1.54) is 11.1 Å². The summed E-state index contributed by atoms with van der Waals surface area (Å²) in [6.07, 6.45) is -0.537. The maximum Gasteiger partial charge on any atom is 0.413 e. The summed E-state index contributed by atoms with van der Waals surface area (Å²) < 4.78 is 52.0. The van der Waals surface area contributed by atoms with Crippen LogP contribution in [0.3, 0.4) is 0 Å². The van der Waals surface area contributed by atoms with Gasteiger partial charge in [0.15, 0.2) is 5.13 Å². The van der Waals surface area contributed by atoms with Crippen molar-refractivity contribution in [1.82, 2.24) is 14.8 Å². The van der Waals surface area contributed by atoms with Crippen LogP contribution < -0.4 is 5.32 Å². The SMILES string of the molecule is CC(C)(C)OC(=O)Nc1ncc(C(CN2CCO[C@H](CF)C2)N2CC(F)(F)CCC2=O)s1. The number of carbonyl (C=O) groups excluding carboxylic acids is 2. The number of thiazole rings is 1. The minimum Gasteiger partial charge on any atom is -0.444 e. The quantitative estimate of drug-likeness (QED) is 0.674. The van der Waals surface area contributed by atoms with Crippen molar-refractivity contribution in [3.8, 4) is 0 Å². The van der Waals surface area contributed by atoms with Gasteiger partial charge in [-0.2, -0.15) is 0 Å². The van der Waals surface area contributed by atoms with Crippen LogP contribution in [0, 0.1) is 0 Å². The van der Waals surface area contributed by atoms with E-state index in [-0.39, 0.29) is 24.0 Å². The van der Waals surface area contributed by atoms with Gasteiger partial charge in [-0.1, -0.05) is 11.3 Å². The number of nitrogens with one attached hydrogen (secondary N) is 1. The van der Waals surface area contributed by atoms with E-state index in [0.29, 0.717) is 24.6 Å². The van der Waals surface area contributed by atoms with Crippen molar-refractivity contribution >= 4 is 28.5 Å². The average Bonchev–Trinajstić information content (AvgIpc) is 3.15. The molecule has 12 heteroatoms. The molecule has 0 bridgehead atoms. The predicted octanol–water partition coefficient (Wildman–Crippen LogP) is 3.46. The van der Waals surface area contributed by atoms with E-state index < -0.39 is 49.4 Å². The first kappa shape index (κ1) is 24.7. The van der Waals surface area contributed by atoms with Crippen LogP contribution in [-0.4, -0.2) is 83.9 Å². The fourth-order valence-electron chi connectivity index (χ4n) is 3.65. The number of likely N-dealkylation sites (tertiary alicyclic amines) is 1. The molecule has 0 radical (unpaired) electrons. The zero-order valence-corrected chi connectivity index (χ0v) is 19.2. The molecule has 32 heavy (non-hydrogen) atoms. The number of piperidine rings is 1. The highest BCUT2D eigenvalue weighted by Crippen LogP contribution is 2.36. The van der Waals surface area contributed by atoms with Gasteiger partial charge >= 0.3 is 6.09 Å². The van der Waals surface area contributed by atoms with Crippen molar-refractivity contribution in [2.75, 3.05) is 44.8 Å². The molecule has 0 saturated carbocycles. The molecule has 2 aliphatic rings. The molecule has 0 spiro atoms. The molecule has 3 heterocycles. The lowest BCUT2D eigenvalue weighted by molar-refractivity contribution is -0.152. The molecule has 2 saturated heterocycles. The first-order valence-electron chi connectivity index (χ1n) is 10.5. The van der Waals surface area contributed by atoms with Gasteiger partial charge in [-0.05, 0) is 20.8 Å². The molecule has 2 atom stereocenters. The summed E-state index contributed by atoms with van der Waals surface area (Å²) in [6, 6.07) is -0.710. The summed E-state index contributed by atoms with van der Waals surface area (Å²) in [4.78, 5) is 32.4. The van der Waals surface area contributed by atoms with E-state index in [1.807, 2.05) is 4.90 Å². The van der Waals surface area contributed by atoms with E-state index >= 15 is 0 Å². The first-order chi connectivity index (χ1) is 15.0. The van der Waals surface area contributed by atoms with Crippen LogP contribution in [0.15, 0.2) is 6.20 Å². The molecule has 2 fully saturated rings. The first-order valence-corrected chi connectivity index (χ1v) is 11.3. The van der Waals surface area contributed by atoms with Crippen LogP contribution in [0.2, 0.25) is 0 Å². The van der Waals surface area contributed by atoms with Crippen molar-refractivity contribution < 1.29 is 32.2 Å². The number of morpholine rings is 1. The lowest BCUT2D eigenvalue weighted by Gasteiger charge is -2.41. The molecule has 3 rings (SSSR count). The number of amides is 2. The number of ether oxygens (including phenoxy) is 2. The average molecular weight is 479 g/mol. The Morgan fingerprint density at radius 3 is 2.91 bits per heavy atom. The molecule has 180 valence electrons. The van der Waals surface area contributed by atoms with Gasteiger partial charge < -0.3 is 14.4 Å². The minimum absolute atomic E-state index is 0.232. The Morgan fingerprint density at radius 2 is 2.22 bits per heavy atom. The molecule has 0 aliphatic carbocycles. The van der Waals surface area contributed by atoms with Gasteiger partial charge in [0.1, 0.15) is 12.3 Å². The zero-order valence-electron chi connectivity index (χ0n) is 18.4. The Balaban J connectivity index is 1.80. The Labute approximate surface area is 189 Å². The monoisotopic (exact) mass is 478 g/mol. The molecular weight excluding hydrogens is 449 g/mol. The third-order valence-corrected chi connectivity index (χ3v) is 6.10. The van der Waals surface area contributed by atoms with Gasteiger partial charge in [0.05, 0.1) is 30.2 Å². The summed E-state index contributed by atoms with van der Waals surface area (Å²) in [5.41, 5.74) is -0.693. The molecular formula is C20H29F3N4O4S. The predicted molar refractivity (Wildman–Crippen MR) is 113 cm³/mol. The van der Waals surface area contributed by atoms with Gasteiger partial charge in [-0.3, -0.25) is 15.0 Å². The summed E-state index contributed by atoms with van der Waals surface area (Å²) in [5.74, 6) is -3.35. The lowest BCUT2D eigenvalue weighted by atomic mass is 10.0. The fraction of sp³-hybridized carbons (Fsp3) is 0.750. The van der Waals surface area contributed by atoms with E-state index in [9.17, 15) is 22.8 Å². The normalized spacial score (nSPS) is 23.1. The maximum atomic E-state index is 14.2. The minimum atomic E-state index is -2.99. The van der Waals surface area contributed by atoms with Crippen LogP contribution in [0.4, 0.5) is 23.1 Å². The third kappa shape index (κ3) is 6.79. The molecule has 1 N–H and O–H groups in total. The van der Waals surface area contributed by atoms with E-state index in [1.54, 1.807) is 20.8 Å². The Morgan fingerprint density at radius 1 is 1.47 bits per heavy atom. The van der Waals surface area contributed by atoms with Crippen LogP contribution in [0.25, 0.3) is 0 Å². The number of rotatable bonds is 6. The second-order valence-corrected chi connectivity index (χ2v) is 10.1. The Kier molecular flexibility index (Phi) is 7.66. The lowest BCUT2D eigenvalue weighted by Crippen LogP contribution is -2.52. The van der Waals surface area contributed by atoms with Crippen LogP contribution >= 0.6 is 11.3 Å². The summed E-state index contributed by atoms with van der Waals surface area (Å²) in [7, 11) is 0. The van der Waals surface area contributed by atoms with Crippen molar-refractivity contribution in [1.29, 1.82) is 0 Å². The molecule has 1 unspecified atom stereocenters. The van der Waals surface area contributed by atoms with E-state index in [4.69, 9.17) is 9.47 Å². The molecule has 1 aromatic heterocycles. The van der Waals surface area contributed by atoms with Crippen LogP contribution in [0.1, 0.15) is 44.5 Å². The van der Waals surface area contributed by atoms with Crippen LogP contribution in [0.5, 0.6) is 0 Å². The molecule has 2 amide bonds. The molecule has 2 aliphatic heterocycles. The fourth-order valence-corrected chi connectivity index (χ4v) is 4.56. The standard InChI is InChI=1S/C20H29F3N4O4S/c1-19(2,3)31-18(29)25-17-24-9-15(32-17)14(11-26-6-7-30-13(8-21)10-26)27-12-20(22,23)5-4-16(27)28/h9,13-14H,4-8,10-12H2,1-3H3,(H,24,25,29)/t13-,14?/m1/s1. The Hall–Kier alpha value is -1.92. The summed E-state index contributed by atoms with van der Waals surface area (Å²) in [5, 5.41) is 2.77.